The maximum Gasteiger partial charge on any atom is 0.339 e. The van der Waals surface area contributed by atoms with Crippen molar-refractivity contribution in [2.45, 2.75) is 46.6 Å². The summed E-state index contributed by atoms with van der Waals surface area (Å²) in [6.07, 6.45) is 4.23. The number of nitriles is 1. The van der Waals surface area contributed by atoms with Gasteiger partial charge >= 0.3 is 5.97 Å². The smallest absolute Gasteiger partial charge is 0.339 e. The zero-order valence-corrected chi connectivity index (χ0v) is 11.1. The first kappa shape index (κ1) is 14.2. The lowest BCUT2D eigenvalue weighted by atomic mass is 9.89. The third kappa shape index (κ3) is 3.88. The molecular weight excluding hydrogens is 230 g/mol. The number of hydrogen-bond acceptors (Lipinski definition) is 3. The van der Waals surface area contributed by atoms with E-state index in [1.54, 1.807) is 17.8 Å². The van der Waals surface area contributed by atoms with Crippen molar-refractivity contribution in [3.8, 4) is 6.07 Å². The normalized spacial score (nSPS) is 11.2. The summed E-state index contributed by atoms with van der Waals surface area (Å²) in [5, 5.41) is 21.9. The fourth-order valence-corrected chi connectivity index (χ4v) is 1.74. The Morgan fingerprint density at radius 1 is 1.56 bits per heavy atom. The van der Waals surface area contributed by atoms with Gasteiger partial charge in [-0.2, -0.15) is 10.4 Å². The number of carbonyl (C=O) groups is 1. The molecule has 98 valence electrons. The molecule has 1 heterocycles. The molecule has 5 heteroatoms. The van der Waals surface area contributed by atoms with E-state index in [-0.39, 0.29) is 11.0 Å². The van der Waals surface area contributed by atoms with Crippen molar-refractivity contribution in [3.63, 3.8) is 0 Å². The fraction of sp³-hybridized carbons (Fsp3) is 0.615. The van der Waals surface area contributed by atoms with E-state index >= 15 is 0 Å². The molecule has 0 aliphatic carbocycles. The van der Waals surface area contributed by atoms with E-state index in [1.807, 2.05) is 13.8 Å². The van der Waals surface area contributed by atoms with Crippen LogP contribution in [0.1, 0.15) is 49.2 Å². The standard InChI is InChI=1S/C13H19N3O2/c1-10-11(12(17)18)8-16(15-10)7-5-4-6-13(2,3)9-14/h8H,4-7H2,1-3H3,(H,17,18). The van der Waals surface area contributed by atoms with Crippen LogP contribution in [0.2, 0.25) is 0 Å². The molecule has 0 amide bonds. The number of aromatic nitrogens is 2. The molecule has 0 aliphatic heterocycles. The molecule has 1 N–H and O–H groups in total. The summed E-state index contributed by atoms with van der Waals surface area (Å²) in [6.45, 7) is 6.23. The van der Waals surface area contributed by atoms with Crippen LogP contribution in [-0.2, 0) is 6.54 Å². The minimum Gasteiger partial charge on any atom is -0.478 e. The second-order valence-corrected chi connectivity index (χ2v) is 5.15. The topological polar surface area (TPSA) is 78.9 Å². The average molecular weight is 249 g/mol. The van der Waals surface area contributed by atoms with Crippen LogP contribution in [-0.4, -0.2) is 20.9 Å². The second kappa shape index (κ2) is 5.67. The van der Waals surface area contributed by atoms with Gasteiger partial charge in [0.15, 0.2) is 0 Å². The van der Waals surface area contributed by atoms with Gasteiger partial charge in [-0.05, 0) is 33.6 Å². The van der Waals surface area contributed by atoms with Gasteiger partial charge in [0.05, 0.1) is 17.2 Å². The van der Waals surface area contributed by atoms with E-state index < -0.39 is 5.97 Å². The maximum atomic E-state index is 10.8. The molecule has 0 unspecified atom stereocenters. The number of hydrogen-bond donors (Lipinski definition) is 1. The Bertz CT molecular complexity index is 469. The summed E-state index contributed by atoms with van der Waals surface area (Å²) in [5.41, 5.74) is 0.513. The van der Waals surface area contributed by atoms with Crippen LogP contribution in [0.15, 0.2) is 6.20 Å². The number of unbranched alkanes of at least 4 members (excludes halogenated alkanes) is 1. The van der Waals surface area contributed by atoms with Crippen molar-refractivity contribution in [3.05, 3.63) is 17.5 Å². The van der Waals surface area contributed by atoms with Gasteiger partial charge in [0.2, 0.25) is 0 Å². The van der Waals surface area contributed by atoms with Crippen LogP contribution in [0.5, 0.6) is 0 Å². The molecule has 1 rings (SSSR count). The van der Waals surface area contributed by atoms with E-state index in [9.17, 15) is 4.79 Å². The zero-order valence-electron chi connectivity index (χ0n) is 11.1. The molecule has 0 saturated heterocycles. The molecular formula is C13H19N3O2. The number of nitrogens with zero attached hydrogens (tertiary/aromatic N) is 3. The summed E-state index contributed by atoms with van der Waals surface area (Å²) < 4.78 is 1.66. The van der Waals surface area contributed by atoms with E-state index in [2.05, 4.69) is 11.2 Å². The number of aryl methyl sites for hydroxylation is 2. The lowest BCUT2D eigenvalue weighted by Gasteiger charge is -2.14. The Kier molecular flexibility index (Phi) is 4.49. The number of carboxylic acid groups (broad SMARTS) is 1. The quantitative estimate of drug-likeness (QED) is 0.786. The van der Waals surface area contributed by atoms with Gasteiger partial charge in [-0.15, -0.1) is 0 Å². The summed E-state index contributed by atoms with van der Waals surface area (Å²) in [7, 11) is 0. The molecule has 1 aromatic heterocycles. The predicted octanol–water partition coefficient (Wildman–Crippen LogP) is 2.61. The average Bonchev–Trinajstić information content (AvgIpc) is 2.66. The van der Waals surface area contributed by atoms with Crippen LogP contribution in [0.3, 0.4) is 0 Å². The highest BCUT2D eigenvalue weighted by Gasteiger charge is 2.16. The molecule has 0 aliphatic rings. The first-order valence-corrected chi connectivity index (χ1v) is 6.04. The Morgan fingerprint density at radius 2 is 2.22 bits per heavy atom. The van der Waals surface area contributed by atoms with Gasteiger partial charge in [0, 0.05) is 12.7 Å². The summed E-state index contributed by atoms with van der Waals surface area (Å²) in [4.78, 5) is 10.8. The Hall–Kier alpha value is -1.83. The van der Waals surface area contributed by atoms with Crippen LogP contribution in [0.25, 0.3) is 0 Å². The predicted molar refractivity (Wildman–Crippen MR) is 67.2 cm³/mol. The monoisotopic (exact) mass is 249 g/mol. The molecule has 0 spiro atoms. The molecule has 0 bridgehead atoms. The fourth-order valence-electron chi connectivity index (χ4n) is 1.74. The van der Waals surface area contributed by atoms with Gasteiger partial charge in [-0.25, -0.2) is 4.79 Å². The molecule has 18 heavy (non-hydrogen) atoms. The summed E-state index contributed by atoms with van der Waals surface area (Å²) in [6, 6.07) is 2.27. The molecule has 5 nitrogen and oxygen atoms in total. The first-order chi connectivity index (χ1) is 8.35. The lowest BCUT2D eigenvalue weighted by Crippen LogP contribution is -2.08. The van der Waals surface area contributed by atoms with Crippen LogP contribution >= 0.6 is 0 Å². The minimum atomic E-state index is -0.940. The van der Waals surface area contributed by atoms with Crippen molar-refractivity contribution in [2.24, 2.45) is 5.41 Å². The number of carboxylic acids is 1. The molecule has 0 atom stereocenters. The van der Waals surface area contributed by atoms with Crippen LogP contribution in [0.4, 0.5) is 0 Å². The van der Waals surface area contributed by atoms with Crippen molar-refractivity contribution in [1.82, 2.24) is 9.78 Å². The van der Waals surface area contributed by atoms with Gasteiger partial charge in [-0.3, -0.25) is 4.68 Å². The van der Waals surface area contributed by atoms with Crippen molar-refractivity contribution < 1.29 is 9.90 Å². The zero-order chi connectivity index (χ0) is 13.8. The van der Waals surface area contributed by atoms with E-state index in [4.69, 9.17) is 10.4 Å². The van der Waals surface area contributed by atoms with Crippen molar-refractivity contribution in [2.75, 3.05) is 0 Å². The van der Waals surface area contributed by atoms with Gasteiger partial charge < -0.3 is 5.11 Å². The Morgan fingerprint density at radius 3 is 2.72 bits per heavy atom. The third-order valence-electron chi connectivity index (χ3n) is 2.92. The van der Waals surface area contributed by atoms with Crippen LogP contribution in [0, 0.1) is 23.7 Å². The largest absolute Gasteiger partial charge is 0.478 e. The van der Waals surface area contributed by atoms with E-state index in [0.717, 1.165) is 19.3 Å². The minimum absolute atomic E-state index is 0.257. The maximum absolute atomic E-state index is 10.8. The lowest BCUT2D eigenvalue weighted by molar-refractivity contribution is 0.0696. The Labute approximate surface area is 107 Å². The van der Waals surface area contributed by atoms with Crippen LogP contribution < -0.4 is 0 Å². The summed E-state index contributed by atoms with van der Waals surface area (Å²) in [5.74, 6) is -0.940. The van der Waals surface area contributed by atoms with Gasteiger partial charge in [0.25, 0.3) is 0 Å². The van der Waals surface area contributed by atoms with Crippen molar-refractivity contribution in [1.29, 1.82) is 5.26 Å². The molecule has 0 radical (unpaired) electrons. The van der Waals surface area contributed by atoms with E-state index in [1.165, 1.54) is 0 Å². The highest BCUT2D eigenvalue weighted by molar-refractivity contribution is 5.88. The molecule has 1 aromatic rings. The number of rotatable bonds is 6. The van der Waals surface area contributed by atoms with Gasteiger partial charge in [-0.1, -0.05) is 6.42 Å². The highest BCUT2D eigenvalue weighted by Crippen LogP contribution is 2.21. The molecule has 0 aromatic carbocycles. The Balaban J connectivity index is 2.44. The highest BCUT2D eigenvalue weighted by atomic mass is 16.4. The van der Waals surface area contributed by atoms with Gasteiger partial charge in [0.1, 0.15) is 5.56 Å². The van der Waals surface area contributed by atoms with E-state index in [0.29, 0.717) is 12.2 Å². The second-order valence-electron chi connectivity index (χ2n) is 5.15. The first-order valence-electron chi connectivity index (χ1n) is 6.04. The molecule has 0 fully saturated rings. The summed E-state index contributed by atoms with van der Waals surface area (Å²) >= 11 is 0. The SMILES string of the molecule is Cc1nn(CCCCC(C)(C)C#N)cc1C(=O)O. The number of aromatic carboxylic acids is 1. The third-order valence-corrected chi connectivity index (χ3v) is 2.92. The van der Waals surface area contributed by atoms with Crippen molar-refractivity contribution >= 4 is 5.97 Å². The molecule has 0 saturated carbocycles.